The second-order valence-electron chi connectivity index (χ2n) is 5.55. The third kappa shape index (κ3) is 5.55. The Kier molecular flexibility index (Phi) is 7.63. The molecule has 0 saturated carbocycles. The van der Waals surface area contributed by atoms with E-state index in [1.807, 2.05) is 42.6 Å². The molecule has 130 valence electrons. The molecule has 2 aromatic rings. The van der Waals surface area contributed by atoms with Crippen molar-refractivity contribution in [2.45, 2.75) is 19.5 Å². The van der Waals surface area contributed by atoms with Gasteiger partial charge in [-0.1, -0.05) is 23.7 Å². The van der Waals surface area contributed by atoms with Gasteiger partial charge in [-0.05, 0) is 36.2 Å². The summed E-state index contributed by atoms with van der Waals surface area (Å²) < 4.78 is 7.19. The molecule has 0 fully saturated rings. The number of methoxy groups -OCH3 is 1. The maximum atomic E-state index is 12.1. The fraction of sp³-hybridized carbons (Fsp3) is 0.389. The summed E-state index contributed by atoms with van der Waals surface area (Å²) in [6, 6.07) is 11.8. The minimum atomic E-state index is -0.0664. The Hall–Kier alpha value is -1.49. The molecule has 6 heteroatoms. The smallest absolute Gasteiger partial charge is 0.237 e. The Balaban J connectivity index is 2.07. The van der Waals surface area contributed by atoms with Crippen LogP contribution in [0.25, 0.3) is 0 Å². The first kappa shape index (κ1) is 18.8. The van der Waals surface area contributed by atoms with Crippen molar-refractivity contribution >= 4 is 29.1 Å². The number of ether oxygens (including phenoxy) is 1. The Morgan fingerprint density at radius 2 is 2.12 bits per heavy atom. The highest BCUT2D eigenvalue weighted by Crippen LogP contribution is 2.15. The van der Waals surface area contributed by atoms with Crippen molar-refractivity contribution in [2.24, 2.45) is 0 Å². The van der Waals surface area contributed by atoms with Gasteiger partial charge in [-0.15, -0.1) is 11.6 Å². The van der Waals surface area contributed by atoms with Gasteiger partial charge in [0.05, 0.1) is 6.54 Å². The molecule has 1 aromatic carbocycles. The Morgan fingerprint density at radius 3 is 2.83 bits per heavy atom. The molecule has 0 aliphatic heterocycles. The molecule has 1 aromatic heterocycles. The minimum absolute atomic E-state index is 0.0119. The van der Waals surface area contributed by atoms with Crippen LogP contribution in [0, 0.1) is 0 Å². The number of hydrogen-bond acceptors (Lipinski definition) is 2. The molecule has 0 saturated heterocycles. The Labute approximate surface area is 152 Å². The molecule has 0 atom stereocenters. The van der Waals surface area contributed by atoms with Gasteiger partial charge in [-0.2, -0.15) is 0 Å². The second-order valence-corrected chi connectivity index (χ2v) is 6.26. The van der Waals surface area contributed by atoms with Crippen molar-refractivity contribution in [1.82, 2.24) is 9.47 Å². The molecule has 2 rings (SSSR count). The average Bonchev–Trinajstić information content (AvgIpc) is 3.00. The standard InChI is InChI=1S/C18H22Cl2N2O2/c1-24-10-4-9-22(18(23)12-19)14-17-7-3-8-21(17)13-15-5-2-6-16(20)11-15/h2-3,5-8,11H,4,9-10,12-14H2,1H3. The first-order valence-electron chi connectivity index (χ1n) is 7.85. The van der Waals surface area contributed by atoms with E-state index in [0.29, 0.717) is 26.2 Å². The summed E-state index contributed by atoms with van der Waals surface area (Å²) >= 11 is 11.8. The molecular weight excluding hydrogens is 347 g/mol. The second kappa shape index (κ2) is 9.72. The van der Waals surface area contributed by atoms with Crippen molar-refractivity contribution in [3.05, 3.63) is 58.9 Å². The van der Waals surface area contributed by atoms with E-state index in [2.05, 4.69) is 4.57 Å². The van der Waals surface area contributed by atoms with Crippen LogP contribution in [-0.4, -0.2) is 41.5 Å². The number of amides is 1. The number of halogens is 2. The van der Waals surface area contributed by atoms with Crippen LogP contribution in [0.1, 0.15) is 17.7 Å². The monoisotopic (exact) mass is 368 g/mol. The van der Waals surface area contributed by atoms with Gasteiger partial charge in [0.25, 0.3) is 0 Å². The molecule has 1 heterocycles. The molecular formula is C18H22Cl2N2O2. The SMILES string of the molecule is COCCCN(Cc1cccn1Cc1cccc(Cl)c1)C(=O)CCl. The highest BCUT2D eigenvalue weighted by atomic mass is 35.5. The minimum Gasteiger partial charge on any atom is -0.385 e. The number of benzene rings is 1. The lowest BCUT2D eigenvalue weighted by atomic mass is 10.2. The Morgan fingerprint density at radius 1 is 1.29 bits per heavy atom. The van der Waals surface area contributed by atoms with E-state index in [1.165, 1.54) is 0 Å². The van der Waals surface area contributed by atoms with Crippen molar-refractivity contribution in [3.8, 4) is 0 Å². The van der Waals surface area contributed by atoms with E-state index in [1.54, 1.807) is 12.0 Å². The molecule has 0 aliphatic rings. The van der Waals surface area contributed by atoms with Crippen LogP contribution in [0.3, 0.4) is 0 Å². The number of carbonyl (C=O) groups excluding carboxylic acids is 1. The van der Waals surface area contributed by atoms with Crippen LogP contribution >= 0.6 is 23.2 Å². The van der Waals surface area contributed by atoms with Crippen LogP contribution in [0.4, 0.5) is 0 Å². The summed E-state index contributed by atoms with van der Waals surface area (Å²) in [6.45, 7) is 2.49. The first-order chi connectivity index (χ1) is 11.6. The molecule has 0 radical (unpaired) electrons. The quantitative estimate of drug-likeness (QED) is 0.498. The van der Waals surface area contributed by atoms with E-state index >= 15 is 0 Å². The van der Waals surface area contributed by atoms with Gasteiger partial charge in [-0.3, -0.25) is 4.79 Å². The van der Waals surface area contributed by atoms with Gasteiger partial charge in [0.1, 0.15) is 5.88 Å². The van der Waals surface area contributed by atoms with Gasteiger partial charge in [0.2, 0.25) is 5.91 Å². The maximum Gasteiger partial charge on any atom is 0.237 e. The predicted molar refractivity (Wildman–Crippen MR) is 97.6 cm³/mol. The largest absolute Gasteiger partial charge is 0.385 e. The van der Waals surface area contributed by atoms with E-state index in [9.17, 15) is 4.79 Å². The zero-order valence-electron chi connectivity index (χ0n) is 13.8. The van der Waals surface area contributed by atoms with Crippen LogP contribution < -0.4 is 0 Å². The fourth-order valence-corrected chi connectivity index (χ4v) is 2.93. The lowest BCUT2D eigenvalue weighted by Gasteiger charge is -2.23. The summed E-state index contributed by atoms with van der Waals surface area (Å²) in [5.74, 6) is -0.0783. The van der Waals surface area contributed by atoms with E-state index in [-0.39, 0.29) is 11.8 Å². The van der Waals surface area contributed by atoms with Crippen molar-refractivity contribution in [3.63, 3.8) is 0 Å². The van der Waals surface area contributed by atoms with Crippen molar-refractivity contribution in [1.29, 1.82) is 0 Å². The van der Waals surface area contributed by atoms with Crippen molar-refractivity contribution in [2.75, 3.05) is 26.1 Å². The zero-order valence-corrected chi connectivity index (χ0v) is 15.3. The molecule has 0 N–H and O–H groups in total. The molecule has 0 bridgehead atoms. The van der Waals surface area contributed by atoms with Gasteiger partial charge in [0, 0.05) is 43.7 Å². The van der Waals surface area contributed by atoms with E-state index in [0.717, 1.165) is 22.7 Å². The fourth-order valence-electron chi connectivity index (χ4n) is 2.55. The van der Waals surface area contributed by atoms with E-state index < -0.39 is 0 Å². The normalized spacial score (nSPS) is 10.8. The average molecular weight is 369 g/mol. The van der Waals surface area contributed by atoms with Crippen LogP contribution in [0.15, 0.2) is 42.6 Å². The van der Waals surface area contributed by atoms with Crippen LogP contribution in [0.2, 0.25) is 5.02 Å². The molecule has 24 heavy (non-hydrogen) atoms. The van der Waals surface area contributed by atoms with Gasteiger partial charge in [-0.25, -0.2) is 0 Å². The molecule has 0 aliphatic carbocycles. The summed E-state index contributed by atoms with van der Waals surface area (Å²) in [6.07, 6.45) is 2.79. The summed E-state index contributed by atoms with van der Waals surface area (Å²) in [4.78, 5) is 13.8. The van der Waals surface area contributed by atoms with Crippen LogP contribution in [-0.2, 0) is 22.6 Å². The number of aromatic nitrogens is 1. The van der Waals surface area contributed by atoms with Crippen molar-refractivity contribution < 1.29 is 9.53 Å². The van der Waals surface area contributed by atoms with E-state index in [4.69, 9.17) is 27.9 Å². The molecule has 1 amide bonds. The lowest BCUT2D eigenvalue weighted by Crippen LogP contribution is -2.33. The molecule has 4 nitrogen and oxygen atoms in total. The number of rotatable bonds is 9. The third-order valence-electron chi connectivity index (χ3n) is 3.76. The first-order valence-corrected chi connectivity index (χ1v) is 8.76. The highest BCUT2D eigenvalue weighted by molar-refractivity contribution is 6.30. The predicted octanol–water partition coefficient (Wildman–Crippen LogP) is 3.79. The van der Waals surface area contributed by atoms with Gasteiger partial charge in [0.15, 0.2) is 0 Å². The molecule has 0 unspecified atom stereocenters. The lowest BCUT2D eigenvalue weighted by molar-refractivity contribution is -0.129. The number of nitrogens with zero attached hydrogens (tertiary/aromatic N) is 2. The molecule has 0 spiro atoms. The summed E-state index contributed by atoms with van der Waals surface area (Å²) in [5.41, 5.74) is 2.18. The Bertz CT molecular complexity index is 658. The topological polar surface area (TPSA) is 34.5 Å². The highest BCUT2D eigenvalue weighted by Gasteiger charge is 2.14. The number of hydrogen-bond donors (Lipinski definition) is 0. The number of carbonyl (C=O) groups is 1. The van der Waals surface area contributed by atoms with Gasteiger partial charge < -0.3 is 14.2 Å². The summed E-state index contributed by atoms with van der Waals surface area (Å²) in [5, 5.41) is 0.722. The third-order valence-corrected chi connectivity index (χ3v) is 4.23. The maximum absolute atomic E-state index is 12.1. The van der Waals surface area contributed by atoms with Crippen LogP contribution in [0.5, 0.6) is 0 Å². The van der Waals surface area contributed by atoms with Gasteiger partial charge >= 0.3 is 0 Å². The zero-order chi connectivity index (χ0) is 17.4. The summed E-state index contributed by atoms with van der Waals surface area (Å²) in [7, 11) is 1.66. The number of alkyl halides is 1.